The summed E-state index contributed by atoms with van der Waals surface area (Å²) in [5.41, 5.74) is 1.21. The minimum atomic E-state index is -2.15. The number of fused-ring (bicyclic) bond motifs is 1. The highest BCUT2D eigenvalue weighted by atomic mass is 31.2. The number of rotatable bonds is 5. The quantitative estimate of drug-likeness (QED) is 0.438. The normalized spacial score (nSPS) is 17.4. The van der Waals surface area contributed by atoms with Gasteiger partial charge in [0.25, 0.3) is 0 Å². The van der Waals surface area contributed by atoms with Crippen molar-refractivity contribution >= 4 is 30.7 Å². The number of pyridine rings is 2. The summed E-state index contributed by atoms with van der Waals surface area (Å²) in [6.07, 6.45) is 3.60. The predicted octanol–water partition coefficient (Wildman–Crippen LogP) is 3.72. The molecule has 0 aliphatic carbocycles. The molecule has 0 atom stereocenters. The first-order chi connectivity index (χ1) is 15.6. The molecule has 0 saturated carbocycles. The SMILES string of the molecule is CC(C)(O)COc1cc(B2OC(C)(C)C(C)(C)O2)ccn1.CP(C)(=O)c1ccc2ccccn12. The van der Waals surface area contributed by atoms with Crippen LogP contribution in [-0.2, 0) is 13.9 Å². The molecule has 4 heterocycles. The Morgan fingerprint density at radius 1 is 1.09 bits per heavy atom. The fraction of sp³-hybridized carbons (Fsp3) is 0.480. The second-order valence-electron chi connectivity index (χ2n) is 10.7. The summed E-state index contributed by atoms with van der Waals surface area (Å²) in [5.74, 6) is 0.448. The molecule has 34 heavy (non-hydrogen) atoms. The van der Waals surface area contributed by atoms with E-state index in [1.54, 1.807) is 39.4 Å². The second-order valence-corrected chi connectivity index (χ2v) is 13.8. The highest BCUT2D eigenvalue weighted by Gasteiger charge is 2.51. The molecule has 0 aromatic carbocycles. The topological polar surface area (TPSA) is 82.3 Å². The van der Waals surface area contributed by atoms with Crippen molar-refractivity contribution in [2.45, 2.75) is 58.3 Å². The Morgan fingerprint density at radius 3 is 2.32 bits per heavy atom. The van der Waals surface area contributed by atoms with Gasteiger partial charge in [0, 0.05) is 24.0 Å². The molecule has 0 amide bonds. The summed E-state index contributed by atoms with van der Waals surface area (Å²) in [7, 11) is -2.59. The van der Waals surface area contributed by atoms with Crippen LogP contribution < -0.4 is 15.6 Å². The van der Waals surface area contributed by atoms with Crippen LogP contribution in [0.3, 0.4) is 0 Å². The average molecular weight is 486 g/mol. The third-order valence-electron chi connectivity index (χ3n) is 5.95. The van der Waals surface area contributed by atoms with Crippen LogP contribution in [0.2, 0.25) is 0 Å². The van der Waals surface area contributed by atoms with E-state index in [9.17, 15) is 9.67 Å². The van der Waals surface area contributed by atoms with Crippen LogP contribution >= 0.6 is 7.14 Å². The molecule has 0 spiro atoms. The van der Waals surface area contributed by atoms with Gasteiger partial charge in [0.05, 0.1) is 22.2 Å². The largest absolute Gasteiger partial charge is 0.495 e. The zero-order chi connectivity index (χ0) is 25.4. The van der Waals surface area contributed by atoms with Gasteiger partial charge in [-0.05, 0) is 90.7 Å². The maximum absolute atomic E-state index is 11.9. The van der Waals surface area contributed by atoms with Crippen molar-refractivity contribution in [2.24, 2.45) is 0 Å². The number of aromatic nitrogens is 2. The average Bonchev–Trinajstić information content (AvgIpc) is 3.25. The fourth-order valence-corrected chi connectivity index (χ4v) is 4.49. The van der Waals surface area contributed by atoms with Crippen LogP contribution in [0.25, 0.3) is 5.52 Å². The van der Waals surface area contributed by atoms with Crippen LogP contribution in [0.15, 0.2) is 54.9 Å². The van der Waals surface area contributed by atoms with Gasteiger partial charge in [-0.3, -0.25) is 0 Å². The van der Waals surface area contributed by atoms with Gasteiger partial charge < -0.3 is 28.1 Å². The van der Waals surface area contributed by atoms with E-state index in [1.165, 1.54) is 0 Å². The molecule has 1 fully saturated rings. The highest BCUT2D eigenvalue weighted by Crippen LogP contribution is 2.36. The first kappa shape index (κ1) is 26.5. The summed E-state index contributed by atoms with van der Waals surface area (Å²) in [6, 6.07) is 13.5. The van der Waals surface area contributed by atoms with E-state index < -0.39 is 19.9 Å². The molecular formula is C25H36BN2O5P. The van der Waals surface area contributed by atoms with E-state index in [4.69, 9.17) is 14.0 Å². The van der Waals surface area contributed by atoms with Gasteiger partial charge in [0.2, 0.25) is 5.88 Å². The van der Waals surface area contributed by atoms with Crippen molar-refractivity contribution in [1.29, 1.82) is 0 Å². The number of ether oxygens (including phenoxy) is 1. The van der Waals surface area contributed by atoms with Crippen molar-refractivity contribution in [2.75, 3.05) is 19.9 Å². The van der Waals surface area contributed by atoms with Crippen molar-refractivity contribution in [3.63, 3.8) is 0 Å². The summed E-state index contributed by atoms with van der Waals surface area (Å²) >= 11 is 0. The van der Waals surface area contributed by atoms with Crippen LogP contribution in [0.5, 0.6) is 5.88 Å². The van der Waals surface area contributed by atoms with Crippen LogP contribution in [0.1, 0.15) is 41.5 Å². The van der Waals surface area contributed by atoms with Gasteiger partial charge in [-0.1, -0.05) is 6.07 Å². The van der Waals surface area contributed by atoms with Crippen LogP contribution in [-0.4, -0.2) is 58.3 Å². The first-order valence-electron chi connectivity index (χ1n) is 11.4. The molecule has 184 valence electrons. The molecule has 9 heteroatoms. The first-order valence-corrected chi connectivity index (χ1v) is 14.0. The standard InChI is InChI=1S/C15H24BNO4.C10H12NOP/c1-13(2,18)10-19-12-9-11(7-8-17-12)16-20-14(3,4)15(5,6)21-16;1-13(2,12)10-7-6-9-5-3-4-8-11(9)10/h7-9,18H,10H2,1-6H3;3-8H,1-2H3. The van der Waals surface area contributed by atoms with Crippen molar-refractivity contribution in [3.05, 3.63) is 54.9 Å². The zero-order valence-corrected chi connectivity index (χ0v) is 22.3. The molecule has 1 aliphatic rings. The number of aliphatic hydroxyl groups is 1. The summed E-state index contributed by atoms with van der Waals surface area (Å²) in [5, 5.41) is 9.69. The molecule has 7 nitrogen and oxygen atoms in total. The molecule has 1 saturated heterocycles. The Labute approximate surface area is 203 Å². The van der Waals surface area contributed by atoms with Gasteiger partial charge in [-0.25, -0.2) is 4.98 Å². The molecule has 0 unspecified atom stereocenters. The van der Waals surface area contributed by atoms with Gasteiger partial charge in [0.15, 0.2) is 0 Å². The van der Waals surface area contributed by atoms with Gasteiger partial charge in [0.1, 0.15) is 13.7 Å². The molecular weight excluding hydrogens is 450 g/mol. The zero-order valence-electron chi connectivity index (χ0n) is 21.4. The lowest BCUT2D eigenvalue weighted by molar-refractivity contribution is 0.00578. The molecule has 3 aromatic heterocycles. The van der Waals surface area contributed by atoms with Gasteiger partial charge in [-0.15, -0.1) is 0 Å². The maximum Gasteiger partial charge on any atom is 0.495 e. The van der Waals surface area contributed by atoms with Gasteiger partial charge >= 0.3 is 7.12 Å². The lowest BCUT2D eigenvalue weighted by Gasteiger charge is -2.32. The molecule has 1 aliphatic heterocycles. The van der Waals surface area contributed by atoms with Crippen molar-refractivity contribution in [1.82, 2.24) is 9.38 Å². The number of hydrogen-bond acceptors (Lipinski definition) is 6. The maximum atomic E-state index is 11.9. The third-order valence-corrected chi connectivity index (χ3v) is 7.42. The van der Waals surface area contributed by atoms with E-state index in [0.29, 0.717) is 5.88 Å². The van der Waals surface area contributed by atoms with Crippen LogP contribution in [0, 0.1) is 0 Å². The Hall–Kier alpha value is -2.12. The minimum Gasteiger partial charge on any atom is -0.475 e. The summed E-state index contributed by atoms with van der Waals surface area (Å²) in [4.78, 5) is 4.14. The number of nitrogens with zero attached hydrogens (tertiary/aromatic N) is 2. The monoisotopic (exact) mass is 486 g/mol. The molecule has 1 N–H and O–H groups in total. The highest BCUT2D eigenvalue weighted by molar-refractivity contribution is 7.69. The van der Waals surface area contributed by atoms with E-state index in [2.05, 4.69) is 4.98 Å². The molecule has 0 radical (unpaired) electrons. The van der Waals surface area contributed by atoms with Crippen LogP contribution in [0.4, 0.5) is 0 Å². The minimum absolute atomic E-state index is 0.173. The Bertz CT molecular complexity index is 1160. The Morgan fingerprint density at radius 2 is 1.74 bits per heavy atom. The lowest BCUT2D eigenvalue weighted by atomic mass is 9.80. The molecule has 3 aromatic rings. The predicted molar refractivity (Wildman–Crippen MR) is 138 cm³/mol. The lowest BCUT2D eigenvalue weighted by Crippen LogP contribution is -2.41. The third kappa shape index (κ3) is 6.31. The molecule has 4 rings (SSSR count). The van der Waals surface area contributed by atoms with Crippen molar-refractivity contribution < 1.29 is 23.7 Å². The van der Waals surface area contributed by atoms with Crippen molar-refractivity contribution in [3.8, 4) is 5.88 Å². The van der Waals surface area contributed by atoms with E-state index >= 15 is 0 Å². The molecule has 0 bridgehead atoms. The Balaban J connectivity index is 0.000000212. The summed E-state index contributed by atoms with van der Waals surface area (Å²) < 4.78 is 31.4. The number of hydrogen-bond donors (Lipinski definition) is 1. The summed E-state index contributed by atoms with van der Waals surface area (Å²) in [6.45, 7) is 15.2. The van der Waals surface area contributed by atoms with E-state index in [-0.39, 0.29) is 17.8 Å². The van der Waals surface area contributed by atoms with E-state index in [1.807, 2.05) is 74.7 Å². The van der Waals surface area contributed by atoms with Gasteiger partial charge in [-0.2, -0.15) is 0 Å². The smallest absolute Gasteiger partial charge is 0.475 e. The fourth-order valence-electron chi connectivity index (χ4n) is 3.36. The second kappa shape index (κ2) is 9.50. The van der Waals surface area contributed by atoms with E-state index in [0.717, 1.165) is 16.4 Å². The Kier molecular flexibility index (Phi) is 7.40.